The molecule has 13 aromatic rings. The molecular weight excluding hydrogens is 829 g/mol. The first-order valence-corrected chi connectivity index (χ1v) is 24.9. The molecule has 1 aliphatic rings. The van der Waals surface area contributed by atoms with Gasteiger partial charge < -0.3 is 0 Å². The zero-order valence-corrected chi connectivity index (χ0v) is 40.8. The summed E-state index contributed by atoms with van der Waals surface area (Å²) in [6.07, 6.45) is 0. The van der Waals surface area contributed by atoms with Crippen LogP contribution in [0.3, 0.4) is 0 Å². The van der Waals surface area contributed by atoms with E-state index < -0.39 is 0 Å². The van der Waals surface area contributed by atoms with Crippen molar-refractivity contribution >= 4 is 86.2 Å². The molecule has 0 aliphatic heterocycles. The third kappa shape index (κ3) is 5.52. The molecule has 69 heavy (non-hydrogen) atoms. The van der Waals surface area contributed by atoms with Crippen LogP contribution in [-0.2, 0) is 16.2 Å². The molecule has 0 nitrogen and oxygen atoms in total. The summed E-state index contributed by atoms with van der Waals surface area (Å²) in [5.74, 6) is 0. The highest BCUT2D eigenvalue weighted by Gasteiger charge is 2.39. The monoisotopic (exact) mass is 882 g/mol. The standard InChI is InChI=1S/C69H54/c1-67(2,3)43-30-32-49-57(36-43)69(7,8)58-37-44(68(4,5)6)35-52(63(49)58)42-29-31-46-53(33-42)48-26-18-27-50-61(48)54(46)38-56-59(39-19-11-9-12-20-39)65-51-28-17-25-47-45-24-16-15-23-41(45)34-55(62(47)51)66(65)60(64(50)56)40-21-13-10-14-22-40/h9-38H,1-8H3. The van der Waals surface area contributed by atoms with Gasteiger partial charge in [0.05, 0.1) is 0 Å². The third-order valence-corrected chi connectivity index (χ3v) is 16.4. The molecule has 0 aromatic heterocycles. The summed E-state index contributed by atoms with van der Waals surface area (Å²) in [6, 6.07) is 70.3. The molecule has 0 radical (unpaired) electrons. The summed E-state index contributed by atoms with van der Waals surface area (Å²) in [6.45, 7) is 19.0. The normalized spacial score (nSPS) is 13.9. The fourth-order valence-electron chi connectivity index (χ4n) is 12.9. The van der Waals surface area contributed by atoms with Crippen molar-refractivity contribution in [2.75, 3.05) is 0 Å². The summed E-state index contributed by atoms with van der Waals surface area (Å²) in [5, 5.41) is 21.1. The molecule has 0 bridgehead atoms. The van der Waals surface area contributed by atoms with Gasteiger partial charge in [0.25, 0.3) is 0 Å². The molecular formula is C69H54. The summed E-state index contributed by atoms with van der Waals surface area (Å²) in [4.78, 5) is 0. The fraction of sp³-hybridized carbons (Fsp3) is 0.159. The van der Waals surface area contributed by atoms with Crippen LogP contribution in [0.1, 0.15) is 77.6 Å². The van der Waals surface area contributed by atoms with E-state index in [0.29, 0.717) is 0 Å². The molecule has 0 atom stereocenters. The van der Waals surface area contributed by atoms with Crippen molar-refractivity contribution in [1.29, 1.82) is 0 Å². The molecule has 330 valence electrons. The van der Waals surface area contributed by atoms with Gasteiger partial charge in [-0.1, -0.05) is 213 Å². The van der Waals surface area contributed by atoms with Crippen LogP contribution in [0.4, 0.5) is 0 Å². The van der Waals surface area contributed by atoms with Crippen LogP contribution in [0.25, 0.3) is 131 Å². The predicted molar refractivity (Wildman–Crippen MR) is 300 cm³/mol. The summed E-state index contributed by atoms with van der Waals surface area (Å²) < 4.78 is 0. The van der Waals surface area contributed by atoms with Crippen LogP contribution in [0.2, 0.25) is 0 Å². The van der Waals surface area contributed by atoms with Crippen molar-refractivity contribution in [1.82, 2.24) is 0 Å². The number of hydrogen-bond donors (Lipinski definition) is 0. The highest BCUT2D eigenvalue weighted by Crippen LogP contribution is 2.57. The Kier molecular flexibility index (Phi) is 8.10. The first-order valence-electron chi connectivity index (χ1n) is 24.9. The summed E-state index contributed by atoms with van der Waals surface area (Å²) >= 11 is 0. The van der Waals surface area contributed by atoms with Crippen molar-refractivity contribution in [3.05, 3.63) is 204 Å². The smallest absolute Gasteiger partial charge is 0.0159 e. The SMILES string of the molecule is CC(C)(C)c1ccc2c(c1)C(C)(C)c1cc(C(C)(C)C)cc(-c3ccc4c(c3)c3cccc5c6c(-c7ccccc7)c7c8cc9ccccc9c9cccc(c7c(-c7ccccc7)c6cc4c35)c98)c1-2. The highest BCUT2D eigenvalue weighted by atomic mass is 14.4. The minimum Gasteiger partial charge on any atom is -0.0622 e. The van der Waals surface area contributed by atoms with E-state index in [9.17, 15) is 0 Å². The minimum atomic E-state index is -0.132. The molecule has 14 rings (SSSR count). The second-order valence-corrected chi connectivity index (χ2v) is 22.8. The van der Waals surface area contributed by atoms with Gasteiger partial charge >= 0.3 is 0 Å². The van der Waals surface area contributed by atoms with Gasteiger partial charge in [-0.05, 0) is 188 Å². The lowest BCUT2D eigenvalue weighted by atomic mass is 9.76. The van der Waals surface area contributed by atoms with Gasteiger partial charge in [0.2, 0.25) is 0 Å². The van der Waals surface area contributed by atoms with Crippen molar-refractivity contribution in [2.24, 2.45) is 0 Å². The number of hydrogen-bond acceptors (Lipinski definition) is 0. The lowest BCUT2D eigenvalue weighted by Crippen LogP contribution is -2.19. The number of fused-ring (bicyclic) bond motifs is 13. The lowest BCUT2D eigenvalue weighted by molar-refractivity contribution is 0.580. The third-order valence-electron chi connectivity index (χ3n) is 16.4. The Bertz CT molecular complexity index is 4300. The average molecular weight is 883 g/mol. The number of benzene rings is 11. The van der Waals surface area contributed by atoms with Gasteiger partial charge in [-0.25, -0.2) is 0 Å². The molecule has 0 saturated heterocycles. The topological polar surface area (TPSA) is 0 Å². The Balaban J connectivity index is 1.13. The molecule has 0 saturated carbocycles. The molecule has 0 fully saturated rings. The first-order chi connectivity index (χ1) is 33.3. The Morgan fingerprint density at radius 3 is 1.58 bits per heavy atom. The van der Waals surface area contributed by atoms with Crippen molar-refractivity contribution < 1.29 is 0 Å². The molecule has 13 aromatic carbocycles. The van der Waals surface area contributed by atoms with Crippen LogP contribution < -0.4 is 0 Å². The van der Waals surface area contributed by atoms with E-state index in [4.69, 9.17) is 0 Å². The molecule has 0 heteroatoms. The maximum Gasteiger partial charge on any atom is 0.0159 e. The van der Waals surface area contributed by atoms with E-state index in [-0.39, 0.29) is 16.2 Å². The minimum absolute atomic E-state index is 0.0176. The van der Waals surface area contributed by atoms with Gasteiger partial charge in [-0.2, -0.15) is 0 Å². The molecule has 0 heterocycles. The van der Waals surface area contributed by atoms with Crippen LogP contribution in [0.5, 0.6) is 0 Å². The van der Waals surface area contributed by atoms with E-state index in [1.54, 1.807) is 0 Å². The Morgan fingerprint density at radius 2 is 0.870 bits per heavy atom. The zero-order chi connectivity index (χ0) is 46.9. The molecule has 0 N–H and O–H groups in total. The molecule has 1 aliphatic carbocycles. The average Bonchev–Trinajstić information content (AvgIpc) is 3.93. The Labute approximate surface area is 404 Å². The second kappa shape index (κ2) is 13.8. The molecule has 0 amide bonds. The first kappa shape index (κ1) is 40.5. The predicted octanol–water partition coefficient (Wildman–Crippen LogP) is 19.7. The van der Waals surface area contributed by atoms with Gasteiger partial charge in [-0.15, -0.1) is 0 Å². The molecule has 0 unspecified atom stereocenters. The van der Waals surface area contributed by atoms with Crippen molar-refractivity contribution in [2.45, 2.75) is 71.6 Å². The van der Waals surface area contributed by atoms with Gasteiger partial charge in [0, 0.05) is 5.41 Å². The maximum atomic E-state index is 2.57. The van der Waals surface area contributed by atoms with Crippen LogP contribution in [0.15, 0.2) is 182 Å². The fourth-order valence-corrected chi connectivity index (χ4v) is 12.9. The van der Waals surface area contributed by atoms with Gasteiger partial charge in [-0.3, -0.25) is 0 Å². The van der Waals surface area contributed by atoms with E-state index in [1.807, 2.05) is 0 Å². The van der Waals surface area contributed by atoms with E-state index >= 15 is 0 Å². The van der Waals surface area contributed by atoms with Gasteiger partial charge in [0.1, 0.15) is 0 Å². The lowest BCUT2D eigenvalue weighted by Gasteiger charge is -2.27. The van der Waals surface area contributed by atoms with Crippen LogP contribution >= 0.6 is 0 Å². The summed E-state index contributed by atoms with van der Waals surface area (Å²) in [7, 11) is 0. The van der Waals surface area contributed by atoms with Crippen molar-refractivity contribution in [3.8, 4) is 44.5 Å². The zero-order valence-electron chi connectivity index (χ0n) is 40.8. The summed E-state index contributed by atoms with van der Waals surface area (Å²) in [5.41, 5.74) is 16.0. The van der Waals surface area contributed by atoms with E-state index in [1.165, 1.54) is 153 Å². The van der Waals surface area contributed by atoms with Gasteiger partial charge in [0.15, 0.2) is 0 Å². The van der Waals surface area contributed by atoms with Crippen LogP contribution in [-0.4, -0.2) is 0 Å². The molecule has 0 spiro atoms. The van der Waals surface area contributed by atoms with Crippen molar-refractivity contribution in [3.63, 3.8) is 0 Å². The van der Waals surface area contributed by atoms with E-state index in [0.717, 1.165) is 0 Å². The quantitative estimate of drug-likeness (QED) is 0.155. The second-order valence-electron chi connectivity index (χ2n) is 22.8. The maximum absolute atomic E-state index is 2.57. The van der Waals surface area contributed by atoms with Crippen LogP contribution in [0, 0.1) is 0 Å². The highest BCUT2D eigenvalue weighted by molar-refractivity contribution is 6.46. The largest absolute Gasteiger partial charge is 0.0622 e. The Hall–Kier alpha value is -7.54. The van der Waals surface area contributed by atoms with E-state index in [2.05, 4.69) is 237 Å². The number of rotatable bonds is 3. The Morgan fingerprint density at radius 1 is 0.290 bits per heavy atom.